The molecule has 2 rings (SSSR count). The Morgan fingerprint density at radius 1 is 1.07 bits per heavy atom. The number of hydrogen-bond acceptors (Lipinski definition) is 5. The second-order valence-electron chi connectivity index (χ2n) is 8.56. The van der Waals surface area contributed by atoms with Crippen molar-refractivity contribution in [2.24, 2.45) is 5.92 Å². The van der Waals surface area contributed by atoms with Crippen LogP contribution in [0.2, 0.25) is 0 Å². The Morgan fingerprint density at radius 2 is 1.71 bits per heavy atom. The number of likely N-dealkylation sites (tertiary alicyclic amines) is 1. The molecule has 1 fully saturated rings. The van der Waals surface area contributed by atoms with Crippen LogP contribution in [0.4, 0.5) is 0 Å². The molecule has 0 N–H and O–H groups in total. The molecule has 0 saturated carbocycles. The first-order valence-corrected chi connectivity index (χ1v) is 10.5. The van der Waals surface area contributed by atoms with Crippen molar-refractivity contribution in [1.29, 1.82) is 0 Å². The molecular formula is C23H35NO4. The fourth-order valence-electron chi connectivity index (χ4n) is 3.61. The maximum Gasteiger partial charge on any atom is 0.324 e. The zero-order valence-electron chi connectivity index (χ0n) is 17.8. The van der Waals surface area contributed by atoms with Gasteiger partial charge in [-0.1, -0.05) is 50.1 Å². The smallest absolute Gasteiger partial charge is 0.324 e. The lowest BCUT2D eigenvalue weighted by Crippen LogP contribution is -2.49. The van der Waals surface area contributed by atoms with Crippen LogP contribution in [0.1, 0.15) is 65.4 Å². The van der Waals surface area contributed by atoms with Crippen molar-refractivity contribution in [1.82, 2.24) is 4.90 Å². The van der Waals surface area contributed by atoms with E-state index < -0.39 is 17.6 Å². The molecule has 5 heteroatoms. The van der Waals surface area contributed by atoms with Crippen molar-refractivity contribution < 1.29 is 19.1 Å². The van der Waals surface area contributed by atoms with E-state index in [0.29, 0.717) is 6.42 Å². The van der Waals surface area contributed by atoms with Crippen molar-refractivity contribution >= 4 is 11.9 Å². The van der Waals surface area contributed by atoms with E-state index in [1.165, 1.54) is 0 Å². The van der Waals surface area contributed by atoms with Gasteiger partial charge in [0.1, 0.15) is 18.2 Å². The summed E-state index contributed by atoms with van der Waals surface area (Å²) in [6.07, 6.45) is 4.55. The standard InChI is InChI=1S/C23H35NO4/c1-5-6-14-19(21(25)28-23(2,3)4)20(24-15-10-11-16-24)22(26)27-17-18-12-8-7-9-13-18/h7-9,12-13,19-20H,5-6,10-11,14-17H2,1-4H3. The van der Waals surface area contributed by atoms with E-state index in [0.717, 1.165) is 44.3 Å². The molecule has 156 valence electrons. The molecule has 1 saturated heterocycles. The molecule has 0 amide bonds. The van der Waals surface area contributed by atoms with Crippen LogP contribution in [-0.2, 0) is 25.7 Å². The first kappa shape index (κ1) is 22.4. The predicted octanol–water partition coefficient (Wildman–Crippen LogP) is 4.34. The van der Waals surface area contributed by atoms with Crippen LogP contribution in [0.25, 0.3) is 0 Å². The molecule has 28 heavy (non-hydrogen) atoms. The number of ether oxygens (including phenoxy) is 2. The Hall–Kier alpha value is -1.88. The van der Waals surface area contributed by atoms with Gasteiger partial charge in [-0.3, -0.25) is 14.5 Å². The van der Waals surface area contributed by atoms with E-state index in [1.54, 1.807) is 0 Å². The highest BCUT2D eigenvalue weighted by Gasteiger charge is 2.41. The van der Waals surface area contributed by atoms with Gasteiger partial charge < -0.3 is 9.47 Å². The van der Waals surface area contributed by atoms with Crippen LogP contribution < -0.4 is 0 Å². The number of rotatable bonds is 9. The van der Waals surface area contributed by atoms with Gasteiger partial charge in [0.05, 0.1) is 5.92 Å². The Kier molecular flexibility index (Phi) is 8.49. The van der Waals surface area contributed by atoms with E-state index in [1.807, 2.05) is 51.1 Å². The van der Waals surface area contributed by atoms with Gasteiger partial charge in [0.25, 0.3) is 0 Å². The number of benzene rings is 1. The molecule has 1 aromatic rings. The number of esters is 2. The average Bonchev–Trinajstić information content (AvgIpc) is 3.16. The van der Waals surface area contributed by atoms with E-state index in [2.05, 4.69) is 11.8 Å². The lowest BCUT2D eigenvalue weighted by molar-refractivity contribution is -0.170. The number of hydrogen-bond donors (Lipinski definition) is 0. The van der Waals surface area contributed by atoms with Gasteiger partial charge in [-0.2, -0.15) is 0 Å². The number of nitrogens with zero attached hydrogens (tertiary/aromatic N) is 1. The van der Waals surface area contributed by atoms with Crippen LogP contribution >= 0.6 is 0 Å². The molecule has 1 aliphatic rings. The lowest BCUT2D eigenvalue weighted by Gasteiger charge is -2.33. The van der Waals surface area contributed by atoms with Crippen LogP contribution in [0.5, 0.6) is 0 Å². The Balaban J connectivity index is 2.18. The van der Waals surface area contributed by atoms with Crippen molar-refractivity contribution in [3.63, 3.8) is 0 Å². The van der Waals surface area contributed by atoms with E-state index >= 15 is 0 Å². The molecule has 1 aliphatic heterocycles. The maximum atomic E-state index is 13.1. The van der Waals surface area contributed by atoms with Crippen molar-refractivity contribution in [3.05, 3.63) is 35.9 Å². The van der Waals surface area contributed by atoms with Crippen molar-refractivity contribution in [3.8, 4) is 0 Å². The molecule has 2 atom stereocenters. The predicted molar refractivity (Wildman–Crippen MR) is 110 cm³/mol. The summed E-state index contributed by atoms with van der Waals surface area (Å²) in [5.74, 6) is -1.12. The molecular weight excluding hydrogens is 354 g/mol. The molecule has 0 aromatic heterocycles. The third kappa shape index (κ3) is 6.93. The summed E-state index contributed by atoms with van der Waals surface area (Å²) >= 11 is 0. The zero-order chi connectivity index (χ0) is 20.6. The summed E-state index contributed by atoms with van der Waals surface area (Å²) in [5.41, 5.74) is 0.365. The summed E-state index contributed by atoms with van der Waals surface area (Å²) in [6.45, 7) is 9.53. The Bertz CT molecular complexity index is 617. The molecule has 1 aromatic carbocycles. The minimum absolute atomic E-state index is 0.221. The van der Waals surface area contributed by atoms with Crippen LogP contribution in [0.15, 0.2) is 30.3 Å². The van der Waals surface area contributed by atoms with Crippen LogP contribution in [0.3, 0.4) is 0 Å². The summed E-state index contributed by atoms with van der Waals surface area (Å²) in [5, 5.41) is 0. The van der Waals surface area contributed by atoms with Gasteiger partial charge in [0, 0.05) is 0 Å². The largest absolute Gasteiger partial charge is 0.460 e. The van der Waals surface area contributed by atoms with Gasteiger partial charge >= 0.3 is 11.9 Å². The molecule has 0 spiro atoms. The minimum Gasteiger partial charge on any atom is -0.460 e. The first-order chi connectivity index (χ1) is 13.3. The Morgan fingerprint density at radius 3 is 2.29 bits per heavy atom. The zero-order valence-corrected chi connectivity index (χ0v) is 17.8. The summed E-state index contributed by atoms with van der Waals surface area (Å²) in [4.78, 5) is 28.2. The second kappa shape index (κ2) is 10.6. The maximum absolute atomic E-state index is 13.1. The van der Waals surface area contributed by atoms with Crippen molar-refractivity contribution in [2.45, 2.75) is 78.0 Å². The molecule has 0 bridgehead atoms. The van der Waals surface area contributed by atoms with Gasteiger partial charge in [-0.15, -0.1) is 0 Å². The SMILES string of the molecule is CCCCC(C(=O)OC(C)(C)C)C(C(=O)OCc1ccccc1)N1CCCC1. The van der Waals surface area contributed by atoms with Gasteiger partial charge in [-0.25, -0.2) is 0 Å². The molecule has 1 heterocycles. The molecule has 0 radical (unpaired) electrons. The normalized spacial score (nSPS) is 17.1. The molecule has 2 unspecified atom stereocenters. The Labute approximate surface area is 169 Å². The highest BCUT2D eigenvalue weighted by molar-refractivity contribution is 5.85. The average molecular weight is 390 g/mol. The topological polar surface area (TPSA) is 55.8 Å². The fourth-order valence-corrected chi connectivity index (χ4v) is 3.61. The first-order valence-electron chi connectivity index (χ1n) is 10.5. The summed E-state index contributed by atoms with van der Waals surface area (Å²) in [6, 6.07) is 9.06. The number of carbonyl (C=O) groups excluding carboxylic acids is 2. The quantitative estimate of drug-likeness (QED) is 0.588. The second-order valence-corrected chi connectivity index (χ2v) is 8.56. The highest BCUT2D eigenvalue weighted by Crippen LogP contribution is 2.26. The van der Waals surface area contributed by atoms with E-state index in [-0.39, 0.29) is 18.5 Å². The summed E-state index contributed by atoms with van der Waals surface area (Å²) in [7, 11) is 0. The minimum atomic E-state index is -0.578. The highest BCUT2D eigenvalue weighted by atomic mass is 16.6. The van der Waals surface area contributed by atoms with E-state index in [4.69, 9.17) is 9.47 Å². The molecule has 5 nitrogen and oxygen atoms in total. The fraction of sp³-hybridized carbons (Fsp3) is 0.652. The van der Waals surface area contributed by atoms with Gasteiger partial charge in [0.2, 0.25) is 0 Å². The third-order valence-electron chi connectivity index (χ3n) is 4.96. The van der Waals surface area contributed by atoms with Gasteiger partial charge in [0.15, 0.2) is 0 Å². The number of unbranched alkanes of at least 4 members (excludes halogenated alkanes) is 1. The summed E-state index contributed by atoms with van der Waals surface area (Å²) < 4.78 is 11.3. The molecule has 0 aliphatic carbocycles. The van der Waals surface area contributed by atoms with Crippen LogP contribution in [-0.4, -0.2) is 41.6 Å². The number of carbonyl (C=O) groups is 2. The van der Waals surface area contributed by atoms with Crippen molar-refractivity contribution in [2.75, 3.05) is 13.1 Å². The third-order valence-corrected chi connectivity index (χ3v) is 4.96. The van der Waals surface area contributed by atoms with Gasteiger partial charge in [-0.05, 0) is 58.7 Å². The lowest BCUT2D eigenvalue weighted by atomic mass is 9.92. The van der Waals surface area contributed by atoms with Crippen LogP contribution in [0, 0.1) is 5.92 Å². The van der Waals surface area contributed by atoms with E-state index in [9.17, 15) is 9.59 Å². The monoisotopic (exact) mass is 389 g/mol.